The van der Waals surface area contributed by atoms with Gasteiger partial charge in [0.2, 0.25) is 21.8 Å². The fourth-order valence-corrected chi connectivity index (χ4v) is 5.50. The van der Waals surface area contributed by atoms with E-state index in [1.807, 2.05) is 0 Å². The van der Waals surface area contributed by atoms with Gasteiger partial charge in [-0.3, -0.25) is 13.9 Å². The van der Waals surface area contributed by atoms with Crippen LogP contribution >= 0.6 is 11.6 Å². The lowest BCUT2D eigenvalue weighted by Crippen LogP contribution is -2.52. The standard InChI is InChI=1S/C27H36ClN3O6S/c1-19(27(33)29-22-8-6-5-7-9-22)30(17-20-10-12-21(28)13-11-20)26(32)18-31(38(4,34)35)23-14-15-24(36-2)25(16-23)37-3/h10-16,19,22H,5-9,17-18H2,1-4H3,(H,29,33). The molecule has 2 aromatic rings. The Morgan fingerprint density at radius 2 is 1.66 bits per heavy atom. The number of anilines is 1. The van der Waals surface area contributed by atoms with E-state index in [-0.39, 0.29) is 24.2 Å². The normalized spacial score (nSPS) is 14.9. The second-order valence-corrected chi connectivity index (χ2v) is 11.8. The van der Waals surface area contributed by atoms with Crippen molar-refractivity contribution < 1.29 is 27.5 Å². The van der Waals surface area contributed by atoms with Crippen LogP contribution in [-0.4, -0.2) is 64.2 Å². The third-order valence-electron chi connectivity index (χ3n) is 6.72. The number of sulfonamides is 1. The molecule has 0 aromatic heterocycles. The first-order valence-corrected chi connectivity index (χ1v) is 14.8. The highest BCUT2D eigenvalue weighted by molar-refractivity contribution is 7.92. The smallest absolute Gasteiger partial charge is 0.244 e. The predicted octanol–water partition coefficient (Wildman–Crippen LogP) is 3.99. The number of nitrogens with one attached hydrogen (secondary N) is 1. The summed E-state index contributed by atoms with van der Waals surface area (Å²) in [4.78, 5) is 28.3. The number of ether oxygens (including phenoxy) is 2. The van der Waals surface area contributed by atoms with E-state index < -0.39 is 28.5 Å². The molecule has 3 rings (SSSR count). The summed E-state index contributed by atoms with van der Waals surface area (Å²) in [7, 11) is -0.948. The first kappa shape index (κ1) is 29.6. The molecule has 1 atom stereocenters. The monoisotopic (exact) mass is 565 g/mol. The average Bonchev–Trinajstić information content (AvgIpc) is 2.90. The molecule has 0 bridgehead atoms. The molecule has 0 spiro atoms. The van der Waals surface area contributed by atoms with Gasteiger partial charge in [0.1, 0.15) is 12.6 Å². The van der Waals surface area contributed by atoms with Crippen LogP contribution in [0, 0.1) is 0 Å². The molecule has 1 aliphatic carbocycles. The Hall–Kier alpha value is -2.98. The van der Waals surface area contributed by atoms with Crippen LogP contribution in [0.3, 0.4) is 0 Å². The molecule has 0 saturated heterocycles. The number of rotatable bonds is 11. The predicted molar refractivity (Wildman–Crippen MR) is 148 cm³/mol. The van der Waals surface area contributed by atoms with Crippen LogP contribution in [-0.2, 0) is 26.2 Å². The second-order valence-electron chi connectivity index (χ2n) is 9.48. The van der Waals surface area contributed by atoms with E-state index in [4.69, 9.17) is 21.1 Å². The molecule has 2 amide bonds. The Balaban J connectivity index is 1.90. The van der Waals surface area contributed by atoms with Crippen molar-refractivity contribution in [2.45, 2.75) is 57.7 Å². The van der Waals surface area contributed by atoms with Gasteiger partial charge in [-0.05, 0) is 49.6 Å². The summed E-state index contributed by atoms with van der Waals surface area (Å²) < 4.78 is 37.2. The van der Waals surface area contributed by atoms with Crippen LogP contribution in [0.2, 0.25) is 5.02 Å². The zero-order valence-electron chi connectivity index (χ0n) is 22.3. The minimum absolute atomic E-state index is 0.0745. The van der Waals surface area contributed by atoms with Gasteiger partial charge in [-0.15, -0.1) is 0 Å². The van der Waals surface area contributed by atoms with Gasteiger partial charge in [-0.1, -0.05) is 43.0 Å². The number of benzene rings is 2. The van der Waals surface area contributed by atoms with Crippen LogP contribution < -0.4 is 19.1 Å². The van der Waals surface area contributed by atoms with Gasteiger partial charge in [-0.25, -0.2) is 8.42 Å². The van der Waals surface area contributed by atoms with Gasteiger partial charge in [0.15, 0.2) is 11.5 Å². The average molecular weight is 566 g/mol. The Labute approximate surface area is 230 Å². The highest BCUT2D eigenvalue weighted by Crippen LogP contribution is 2.32. The van der Waals surface area contributed by atoms with Crippen molar-refractivity contribution in [3.05, 3.63) is 53.1 Å². The van der Waals surface area contributed by atoms with Gasteiger partial charge in [0.05, 0.1) is 26.2 Å². The molecule has 1 saturated carbocycles. The van der Waals surface area contributed by atoms with Crippen molar-refractivity contribution in [2.24, 2.45) is 0 Å². The fourth-order valence-electron chi connectivity index (χ4n) is 4.53. The number of carbonyl (C=O) groups is 2. The SMILES string of the molecule is COc1ccc(N(CC(=O)N(Cc2ccc(Cl)cc2)C(C)C(=O)NC2CCCCC2)S(C)(=O)=O)cc1OC. The number of carbonyl (C=O) groups excluding carboxylic acids is 2. The van der Waals surface area contributed by atoms with E-state index in [1.54, 1.807) is 43.3 Å². The molecule has 1 unspecified atom stereocenters. The summed E-state index contributed by atoms with van der Waals surface area (Å²) in [6, 6.07) is 10.8. The number of nitrogens with zero attached hydrogens (tertiary/aromatic N) is 2. The Bertz CT molecular complexity index is 1220. The summed E-state index contributed by atoms with van der Waals surface area (Å²) in [5.74, 6) is -0.0413. The van der Waals surface area contributed by atoms with E-state index in [0.29, 0.717) is 16.5 Å². The van der Waals surface area contributed by atoms with E-state index in [9.17, 15) is 18.0 Å². The largest absolute Gasteiger partial charge is 0.493 e. The number of halogens is 1. The Morgan fingerprint density at radius 1 is 1.03 bits per heavy atom. The Morgan fingerprint density at radius 3 is 2.24 bits per heavy atom. The highest BCUT2D eigenvalue weighted by atomic mass is 35.5. The third-order valence-corrected chi connectivity index (χ3v) is 8.11. The maximum absolute atomic E-state index is 13.7. The van der Waals surface area contributed by atoms with Crippen LogP contribution in [0.15, 0.2) is 42.5 Å². The number of hydrogen-bond donors (Lipinski definition) is 1. The molecule has 1 aliphatic rings. The van der Waals surface area contributed by atoms with Crippen molar-refractivity contribution in [1.82, 2.24) is 10.2 Å². The van der Waals surface area contributed by atoms with Crippen LogP contribution in [0.5, 0.6) is 11.5 Å². The fraction of sp³-hybridized carbons (Fsp3) is 0.481. The molecule has 1 fully saturated rings. The molecular weight excluding hydrogens is 530 g/mol. The van der Waals surface area contributed by atoms with E-state index in [2.05, 4.69) is 5.32 Å². The number of amides is 2. The maximum Gasteiger partial charge on any atom is 0.244 e. The molecule has 2 aromatic carbocycles. The second kappa shape index (κ2) is 13.2. The van der Waals surface area contributed by atoms with Crippen molar-refractivity contribution in [2.75, 3.05) is 31.3 Å². The van der Waals surface area contributed by atoms with Gasteiger partial charge in [0, 0.05) is 23.7 Å². The molecule has 38 heavy (non-hydrogen) atoms. The van der Waals surface area contributed by atoms with Crippen molar-refractivity contribution >= 4 is 39.1 Å². The number of hydrogen-bond acceptors (Lipinski definition) is 6. The lowest BCUT2D eigenvalue weighted by Gasteiger charge is -2.33. The minimum atomic E-state index is -3.87. The molecule has 9 nitrogen and oxygen atoms in total. The molecule has 0 heterocycles. The number of methoxy groups -OCH3 is 2. The van der Waals surface area contributed by atoms with E-state index in [1.165, 1.54) is 25.2 Å². The minimum Gasteiger partial charge on any atom is -0.493 e. The summed E-state index contributed by atoms with van der Waals surface area (Å²) in [6.07, 6.45) is 6.11. The zero-order chi connectivity index (χ0) is 27.9. The third kappa shape index (κ3) is 7.77. The topological polar surface area (TPSA) is 105 Å². The molecule has 208 valence electrons. The van der Waals surface area contributed by atoms with Gasteiger partial charge >= 0.3 is 0 Å². The molecule has 11 heteroatoms. The maximum atomic E-state index is 13.7. The van der Waals surface area contributed by atoms with Crippen LogP contribution in [0.25, 0.3) is 0 Å². The molecule has 0 aliphatic heterocycles. The summed E-state index contributed by atoms with van der Waals surface area (Å²) in [6.45, 7) is 1.27. The van der Waals surface area contributed by atoms with Gasteiger partial charge in [0.25, 0.3) is 0 Å². The van der Waals surface area contributed by atoms with E-state index >= 15 is 0 Å². The van der Waals surface area contributed by atoms with Gasteiger partial charge in [-0.2, -0.15) is 0 Å². The molecule has 0 radical (unpaired) electrons. The lowest BCUT2D eigenvalue weighted by atomic mass is 9.95. The lowest BCUT2D eigenvalue weighted by molar-refractivity contribution is -0.139. The van der Waals surface area contributed by atoms with Crippen molar-refractivity contribution in [3.63, 3.8) is 0 Å². The Kier molecular flexibility index (Phi) is 10.3. The van der Waals surface area contributed by atoms with Crippen LogP contribution in [0.1, 0.15) is 44.6 Å². The quantitative estimate of drug-likeness (QED) is 0.442. The van der Waals surface area contributed by atoms with Gasteiger partial charge < -0.3 is 19.7 Å². The van der Waals surface area contributed by atoms with Crippen LogP contribution in [0.4, 0.5) is 5.69 Å². The highest BCUT2D eigenvalue weighted by Gasteiger charge is 2.31. The summed E-state index contributed by atoms with van der Waals surface area (Å²) in [5.41, 5.74) is 1.00. The van der Waals surface area contributed by atoms with E-state index in [0.717, 1.165) is 48.2 Å². The first-order chi connectivity index (χ1) is 18.0. The zero-order valence-corrected chi connectivity index (χ0v) is 23.8. The van der Waals surface area contributed by atoms with Crippen molar-refractivity contribution in [3.8, 4) is 11.5 Å². The molecular formula is C27H36ClN3O6S. The first-order valence-electron chi connectivity index (χ1n) is 12.6. The molecule has 1 N–H and O–H groups in total. The van der Waals surface area contributed by atoms with Crippen molar-refractivity contribution in [1.29, 1.82) is 0 Å². The summed E-state index contributed by atoms with van der Waals surface area (Å²) >= 11 is 6.03. The summed E-state index contributed by atoms with van der Waals surface area (Å²) in [5, 5.41) is 3.62.